The first-order chi connectivity index (χ1) is 11.5. The number of amidine groups is 1. The SMILES string of the molecule is COc1ccc(/C(N)=N/OC(=O)c2ccc(C)c(Cl)c2)cc1OC. The van der Waals surface area contributed by atoms with E-state index < -0.39 is 5.97 Å². The van der Waals surface area contributed by atoms with Crippen LogP contribution in [0.1, 0.15) is 21.5 Å². The Labute approximate surface area is 144 Å². The third kappa shape index (κ3) is 3.97. The minimum atomic E-state index is -0.652. The number of hydrogen-bond donors (Lipinski definition) is 1. The van der Waals surface area contributed by atoms with Crippen LogP contribution < -0.4 is 15.2 Å². The van der Waals surface area contributed by atoms with Crippen molar-refractivity contribution in [2.45, 2.75) is 6.92 Å². The molecule has 6 nitrogen and oxygen atoms in total. The predicted octanol–water partition coefficient (Wildman–Crippen LogP) is 3.14. The molecule has 0 aliphatic carbocycles. The smallest absolute Gasteiger partial charge is 0.365 e. The molecule has 0 amide bonds. The molecule has 0 spiro atoms. The Bertz CT molecular complexity index is 790. The quantitative estimate of drug-likeness (QED) is 0.388. The number of carbonyl (C=O) groups is 1. The Balaban J connectivity index is 2.16. The van der Waals surface area contributed by atoms with Gasteiger partial charge in [0, 0.05) is 10.6 Å². The summed E-state index contributed by atoms with van der Waals surface area (Å²) in [6.07, 6.45) is 0. The molecule has 0 aromatic heterocycles. The molecule has 2 aromatic rings. The number of methoxy groups -OCH3 is 2. The fraction of sp³-hybridized carbons (Fsp3) is 0.176. The summed E-state index contributed by atoms with van der Waals surface area (Å²) < 4.78 is 10.3. The van der Waals surface area contributed by atoms with Crippen LogP contribution in [-0.2, 0) is 4.84 Å². The number of nitrogens with two attached hydrogens (primary N) is 1. The summed E-state index contributed by atoms with van der Waals surface area (Å²) in [6, 6.07) is 9.83. The van der Waals surface area contributed by atoms with Crippen LogP contribution in [0.2, 0.25) is 5.02 Å². The maximum atomic E-state index is 12.0. The molecule has 0 heterocycles. The summed E-state index contributed by atoms with van der Waals surface area (Å²) >= 11 is 5.98. The van der Waals surface area contributed by atoms with E-state index in [9.17, 15) is 4.79 Å². The molecule has 0 bridgehead atoms. The number of oxime groups is 1. The highest BCUT2D eigenvalue weighted by atomic mass is 35.5. The van der Waals surface area contributed by atoms with E-state index in [0.29, 0.717) is 22.1 Å². The Morgan fingerprint density at radius 2 is 1.71 bits per heavy atom. The molecule has 0 unspecified atom stereocenters. The fourth-order valence-corrected chi connectivity index (χ4v) is 2.09. The second-order valence-electron chi connectivity index (χ2n) is 4.89. The molecule has 2 aromatic carbocycles. The minimum Gasteiger partial charge on any atom is -0.493 e. The van der Waals surface area contributed by atoms with Crippen LogP contribution in [0.25, 0.3) is 0 Å². The van der Waals surface area contributed by atoms with Gasteiger partial charge in [-0.25, -0.2) is 4.79 Å². The average molecular weight is 349 g/mol. The van der Waals surface area contributed by atoms with E-state index in [1.54, 1.807) is 30.3 Å². The van der Waals surface area contributed by atoms with Crippen LogP contribution in [0.5, 0.6) is 11.5 Å². The first-order valence-corrected chi connectivity index (χ1v) is 7.37. The molecule has 0 aliphatic rings. The minimum absolute atomic E-state index is 0.0301. The van der Waals surface area contributed by atoms with Crippen molar-refractivity contribution >= 4 is 23.4 Å². The van der Waals surface area contributed by atoms with Gasteiger partial charge in [0.15, 0.2) is 17.3 Å². The normalized spacial score (nSPS) is 11.1. The highest BCUT2D eigenvalue weighted by Crippen LogP contribution is 2.27. The van der Waals surface area contributed by atoms with E-state index >= 15 is 0 Å². The fourth-order valence-electron chi connectivity index (χ4n) is 1.91. The Morgan fingerprint density at radius 3 is 2.33 bits per heavy atom. The lowest BCUT2D eigenvalue weighted by molar-refractivity contribution is 0.0516. The molecule has 0 aliphatic heterocycles. The van der Waals surface area contributed by atoms with Gasteiger partial charge in [-0.2, -0.15) is 0 Å². The van der Waals surface area contributed by atoms with Crippen molar-refractivity contribution in [2.24, 2.45) is 10.9 Å². The summed E-state index contributed by atoms with van der Waals surface area (Å²) in [7, 11) is 3.04. The number of aryl methyl sites for hydroxylation is 1. The highest BCUT2D eigenvalue weighted by Gasteiger charge is 2.11. The van der Waals surface area contributed by atoms with Gasteiger partial charge in [0.25, 0.3) is 0 Å². The van der Waals surface area contributed by atoms with Crippen LogP contribution in [0.3, 0.4) is 0 Å². The van der Waals surface area contributed by atoms with E-state index in [1.807, 2.05) is 6.92 Å². The standard InChI is InChI=1S/C17H17ClN2O4/c1-10-4-5-12(8-13(10)18)17(21)24-20-16(19)11-6-7-14(22-2)15(9-11)23-3/h4-9H,1-3H3,(H2,19,20). The molecular formula is C17H17ClN2O4. The second kappa shape index (κ2) is 7.70. The summed E-state index contributed by atoms with van der Waals surface area (Å²) in [6.45, 7) is 1.84. The van der Waals surface area contributed by atoms with Gasteiger partial charge >= 0.3 is 5.97 Å². The van der Waals surface area contributed by atoms with Crippen LogP contribution in [0, 0.1) is 6.92 Å². The van der Waals surface area contributed by atoms with Gasteiger partial charge in [0.1, 0.15) is 0 Å². The maximum Gasteiger partial charge on any atom is 0.365 e. The van der Waals surface area contributed by atoms with Crippen molar-refractivity contribution in [1.29, 1.82) is 0 Å². The van der Waals surface area contributed by atoms with Gasteiger partial charge < -0.3 is 20.0 Å². The molecule has 7 heteroatoms. The van der Waals surface area contributed by atoms with E-state index in [0.717, 1.165) is 5.56 Å². The molecule has 0 saturated carbocycles. The molecule has 2 N–H and O–H groups in total. The van der Waals surface area contributed by atoms with Gasteiger partial charge in [-0.05, 0) is 42.8 Å². The number of carbonyl (C=O) groups excluding carboxylic acids is 1. The third-order valence-electron chi connectivity index (χ3n) is 3.31. The lowest BCUT2D eigenvalue weighted by Crippen LogP contribution is -2.15. The predicted molar refractivity (Wildman–Crippen MR) is 91.9 cm³/mol. The van der Waals surface area contributed by atoms with Crippen LogP contribution in [0.15, 0.2) is 41.6 Å². The number of ether oxygens (including phenoxy) is 2. The van der Waals surface area contributed by atoms with Crippen molar-refractivity contribution in [1.82, 2.24) is 0 Å². The molecule has 24 heavy (non-hydrogen) atoms. The number of hydrogen-bond acceptors (Lipinski definition) is 5. The molecule has 2 rings (SSSR count). The van der Waals surface area contributed by atoms with E-state index in [1.165, 1.54) is 20.3 Å². The monoisotopic (exact) mass is 348 g/mol. The van der Waals surface area contributed by atoms with E-state index in [4.69, 9.17) is 31.6 Å². The number of rotatable bonds is 5. The Hall–Kier alpha value is -2.73. The first kappa shape index (κ1) is 17.6. The average Bonchev–Trinajstić information content (AvgIpc) is 2.60. The largest absolute Gasteiger partial charge is 0.493 e. The summed E-state index contributed by atoms with van der Waals surface area (Å²) in [5, 5.41) is 4.13. The van der Waals surface area contributed by atoms with Crippen molar-refractivity contribution in [3.8, 4) is 11.5 Å². The lowest BCUT2D eigenvalue weighted by atomic mass is 10.1. The van der Waals surface area contributed by atoms with Crippen molar-refractivity contribution < 1.29 is 19.1 Å². The summed E-state index contributed by atoms with van der Waals surface area (Å²) in [5.41, 5.74) is 7.52. The van der Waals surface area contributed by atoms with Gasteiger partial charge in [-0.1, -0.05) is 22.8 Å². The Kier molecular flexibility index (Phi) is 5.65. The molecule has 0 fully saturated rings. The first-order valence-electron chi connectivity index (χ1n) is 6.99. The molecule has 126 valence electrons. The van der Waals surface area contributed by atoms with Gasteiger partial charge in [-0.15, -0.1) is 0 Å². The van der Waals surface area contributed by atoms with Gasteiger partial charge in [0.2, 0.25) is 0 Å². The number of halogens is 1. The van der Waals surface area contributed by atoms with Crippen molar-refractivity contribution in [3.05, 3.63) is 58.1 Å². The number of benzene rings is 2. The third-order valence-corrected chi connectivity index (χ3v) is 3.72. The van der Waals surface area contributed by atoms with Crippen LogP contribution in [0.4, 0.5) is 0 Å². The molecule has 0 radical (unpaired) electrons. The van der Waals surface area contributed by atoms with Gasteiger partial charge in [0.05, 0.1) is 19.8 Å². The lowest BCUT2D eigenvalue weighted by Gasteiger charge is -2.09. The van der Waals surface area contributed by atoms with Crippen molar-refractivity contribution in [3.63, 3.8) is 0 Å². The van der Waals surface area contributed by atoms with Crippen LogP contribution >= 0.6 is 11.6 Å². The maximum absolute atomic E-state index is 12.0. The van der Waals surface area contributed by atoms with E-state index in [2.05, 4.69) is 5.16 Å². The van der Waals surface area contributed by atoms with Gasteiger partial charge in [-0.3, -0.25) is 0 Å². The topological polar surface area (TPSA) is 83.1 Å². The summed E-state index contributed by atoms with van der Waals surface area (Å²) in [4.78, 5) is 16.8. The van der Waals surface area contributed by atoms with Crippen LogP contribution in [-0.4, -0.2) is 26.0 Å². The molecule has 0 atom stereocenters. The molecule has 0 saturated heterocycles. The zero-order chi connectivity index (χ0) is 17.7. The highest BCUT2D eigenvalue weighted by molar-refractivity contribution is 6.31. The Morgan fingerprint density at radius 1 is 1.04 bits per heavy atom. The molecular weight excluding hydrogens is 332 g/mol. The zero-order valence-corrected chi connectivity index (χ0v) is 14.3. The zero-order valence-electron chi connectivity index (χ0n) is 13.5. The van der Waals surface area contributed by atoms with E-state index in [-0.39, 0.29) is 11.4 Å². The van der Waals surface area contributed by atoms with Crippen molar-refractivity contribution in [2.75, 3.05) is 14.2 Å². The summed E-state index contributed by atoms with van der Waals surface area (Å²) in [5.74, 6) is 0.424. The second-order valence-corrected chi connectivity index (χ2v) is 5.30. The number of nitrogens with zero attached hydrogens (tertiary/aromatic N) is 1.